The number of carbonyl (C=O) groups excluding carboxylic acids is 1. The van der Waals surface area contributed by atoms with Gasteiger partial charge in [0.15, 0.2) is 0 Å². The second-order valence-electron chi connectivity index (χ2n) is 2.23. The Kier molecular flexibility index (Phi) is 5.47. The lowest BCUT2D eigenvalue weighted by Gasteiger charge is -2.12. The van der Waals surface area contributed by atoms with Gasteiger partial charge in [0.05, 0.1) is 0 Å². The average molecular weight is 157 g/mol. The predicted octanol–water partition coefficient (Wildman–Crippen LogP) is 0.714. The Morgan fingerprint density at radius 1 is 1.82 bits per heavy atom. The zero-order valence-electron chi connectivity index (χ0n) is 7.09. The lowest BCUT2D eigenvalue weighted by Crippen LogP contribution is -2.30. The van der Waals surface area contributed by atoms with E-state index in [1.807, 2.05) is 14.0 Å². The summed E-state index contributed by atoms with van der Waals surface area (Å²) >= 11 is 0. The van der Waals surface area contributed by atoms with E-state index in [4.69, 9.17) is 4.74 Å². The maximum atomic E-state index is 10.6. The highest BCUT2D eigenvalue weighted by molar-refractivity contribution is 5.81. The van der Waals surface area contributed by atoms with E-state index >= 15 is 0 Å². The quantitative estimate of drug-likeness (QED) is 0.472. The molecule has 0 spiro atoms. The van der Waals surface area contributed by atoms with Crippen LogP contribution in [0.15, 0.2) is 12.7 Å². The van der Waals surface area contributed by atoms with Gasteiger partial charge in [-0.25, -0.2) is 4.79 Å². The van der Waals surface area contributed by atoms with E-state index in [2.05, 4.69) is 11.9 Å². The Labute approximate surface area is 67.4 Å². The summed E-state index contributed by atoms with van der Waals surface area (Å²) in [5, 5.41) is 3.02. The minimum absolute atomic E-state index is 0.249. The Balaban J connectivity index is 3.49. The molecular formula is C8H15NO2. The number of rotatable bonds is 5. The van der Waals surface area contributed by atoms with Crippen LogP contribution in [-0.2, 0) is 9.53 Å². The first-order valence-corrected chi connectivity index (χ1v) is 3.71. The number of hydrogen-bond acceptors (Lipinski definition) is 3. The van der Waals surface area contributed by atoms with Gasteiger partial charge in [0, 0.05) is 12.1 Å². The molecule has 0 aromatic carbocycles. The topological polar surface area (TPSA) is 38.3 Å². The van der Waals surface area contributed by atoms with Crippen molar-refractivity contribution >= 4 is 5.97 Å². The van der Waals surface area contributed by atoms with E-state index in [-0.39, 0.29) is 12.0 Å². The van der Waals surface area contributed by atoms with Gasteiger partial charge in [-0.1, -0.05) is 13.5 Å². The van der Waals surface area contributed by atoms with E-state index in [9.17, 15) is 4.79 Å². The Bertz CT molecular complexity index is 130. The molecule has 3 nitrogen and oxygen atoms in total. The van der Waals surface area contributed by atoms with Gasteiger partial charge in [0.1, 0.15) is 6.61 Å². The normalized spacial score (nSPS) is 12.2. The van der Waals surface area contributed by atoms with Crippen LogP contribution in [-0.4, -0.2) is 25.7 Å². The van der Waals surface area contributed by atoms with Crippen LogP contribution in [0.4, 0.5) is 0 Å². The monoisotopic (exact) mass is 157 g/mol. The number of hydrogen-bond donors (Lipinski definition) is 1. The molecule has 0 aliphatic rings. The highest BCUT2D eigenvalue weighted by atomic mass is 16.5. The van der Waals surface area contributed by atoms with Crippen LogP contribution in [0.25, 0.3) is 0 Å². The van der Waals surface area contributed by atoms with Crippen LogP contribution < -0.4 is 5.32 Å². The third kappa shape index (κ3) is 4.56. The second-order valence-corrected chi connectivity index (χ2v) is 2.23. The van der Waals surface area contributed by atoms with Crippen molar-refractivity contribution in [2.24, 2.45) is 0 Å². The molecule has 0 rings (SSSR count). The Morgan fingerprint density at radius 3 is 2.82 bits per heavy atom. The summed E-state index contributed by atoms with van der Waals surface area (Å²) in [7, 11) is 1.84. The molecule has 0 aromatic rings. The van der Waals surface area contributed by atoms with Crippen molar-refractivity contribution in [1.82, 2.24) is 5.32 Å². The fraction of sp³-hybridized carbons (Fsp3) is 0.625. The first-order chi connectivity index (χ1) is 5.24. The van der Waals surface area contributed by atoms with E-state index in [1.54, 1.807) is 0 Å². The third-order valence-corrected chi connectivity index (χ3v) is 1.49. The van der Waals surface area contributed by atoms with Crippen molar-refractivity contribution in [2.75, 3.05) is 13.7 Å². The van der Waals surface area contributed by atoms with Crippen LogP contribution in [0.2, 0.25) is 0 Å². The Morgan fingerprint density at radius 2 is 2.45 bits per heavy atom. The smallest absolute Gasteiger partial charge is 0.330 e. The maximum Gasteiger partial charge on any atom is 0.330 e. The van der Waals surface area contributed by atoms with Gasteiger partial charge < -0.3 is 10.1 Å². The minimum atomic E-state index is -0.362. The number of esters is 1. The fourth-order valence-electron chi connectivity index (χ4n) is 0.647. The van der Waals surface area contributed by atoms with E-state index in [0.717, 1.165) is 6.42 Å². The highest BCUT2D eigenvalue weighted by Gasteiger charge is 2.04. The van der Waals surface area contributed by atoms with E-state index < -0.39 is 0 Å². The molecule has 11 heavy (non-hydrogen) atoms. The molecule has 0 amide bonds. The molecule has 0 aromatic heterocycles. The van der Waals surface area contributed by atoms with Gasteiger partial charge in [0.2, 0.25) is 0 Å². The van der Waals surface area contributed by atoms with E-state index in [0.29, 0.717) is 6.61 Å². The molecule has 3 heteroatoms. The predicted molar refractivity (Wildman–Crippen MR) is 44.3 cm³/mol. The van der Waals surface area contributed by atoms with Gasteiger partial charge in [0.25, 0.3) is 0 Å². The van der Waals surface area contributed by atoms with Gasteiger partial charge in [-0.2, -0.15) is 0 Å². The lowest BCUT2D eigenvalue weighted by molar-refractivity contribution is -0.138. The van der Waals surface area contributed by atoms with Gasteiger partial charge >= 0.3 is 5.97 Å². The molecular weight excluding hydrogens is 142 g/mol. The van der Waals surface area contributed by atoms with Gasteiger partial charge in [-0.15, -0.1) is 0 Å². The van der Waals surface area contributed by atoms with Gasteiger partial charge in [-0.3, -0.25) is 0 Å². The van der Waals surface area contributed by atoms with Crippen molar-refractivity contribution in [1.29, 1.82) is 0 Å². The first-order valence-electron chi connectivity index (χ1n) is 3.71. The van der Waals surface area contributed by atoms with Crippen LogP contribution >= 0.6 is 0 Å². The fourth-order valence-corrected chi connectivity index (χ4v) is 0.647. The largest absolute Gasteiger partial charge is 0.461 e. The van der Waals surface area contributed by atoms with Crippen molar-refractivity contribution < 1.29 is 9.53 Å². The van der Waals surface area contributed by atoms with Gasteiger partial charge in [-0.05, 0) is 13.5 Å². The molecule has 1 N–H and O–H groups in total. The number of likely N-dealkylation sites (N-methyl/N-ethyl adjacent to an activating group) is 1. The van der Waals surface area contributed by atoms with Crippen molar-refractivity contribution in [3.05, 3.63) is 12.7 Å². The summed E-state index contributed by atoms with van der Waals surface area (Å²) in [5.41, 5.74) is 0. The van der Waals surface area contributed by atoms with Crippen LogP contribution in [0, 0.1) is 0 Å². The highest BCUT2D eigenvalue weighted by Crippen LogP contribution is 1.91. The average Bonchev–Trinajstić information content (AvgIpc) is 2.06. The summed E-state index contributed by atoms with van der Waals surface area (Å²) in [6.07, 6.45) is 2.11. The van der Waals surface area contributed by atoms with Crippen molar-refractivity contribution in [3.63, 3.8) is 0 Å². The molecule has 1 unspecified atom stereocenters. The zero-order chi connectivity index (χ0) is 8.69. The summed E-state index contributed by atoms with van der Waals surface area (Å²) in [4.78, 5) is 10.6. The van der Waals surface area contributed by atoms with Crippen LogP contribution in [0.1, 0.15) is 13.3 Å². The molecule has 64 valence electrons. The van der Waals surface area contributed by atoms with Crippen molar-refractivity contribution in [3.8, 4) is 0 Å². The summed E-state index contributed by atoms with van der Waals surface area (Å²) in [6, 6.07) is 0.249. The molecule has 0 aliphatic carbocycles. The van der Waals surface area contributed by atoms with E-state index in [1.165, 1.54) is 6.08 Å². The molecule has 0 heterocycles. The summed E-state index contributed by atoms with van der Waals surface area (Å²) < 4.78 is 4.82. The molecule has 0 saturated heterocycles. The minimum Gasteiger partial charge on any atom is -0.461 e. The molecule has 0 radical (unpaired) electrons. The number of carbonyl (C=O) groups is 1. The zero-order valence-corrected chi connectivity index (χ0v) is 7.09. The molecule has 0 aliphatic heterocycles. The SMILES string of the molecule is C=CC(=O)OCC(CC)NC. The first kappa shape index (κ1) is 10.2. The number of ether oxygens (including phenoxy) is 1. The van der Waals surface area contributed by atoms with Crippen LogP contribution in [0.5, 0.6) is 0 Å². The molecule has 1 atom stereocenters. The molecule has 0 bridgehead atoms. The maximum absolute atomic E-state index is 10.6. The number of nitrogens with one attached hydrogen (secondary N) is 1. The molecule has 0 fully saturated rings. The lowest BCUT2D eigenvalue weighted by atomic mass is 10.2. The molecule has 0 saturated carbocycles. The summed E-state index contributed by atoms with van der Waals surface area (Å²) in [5.74, 6) is -0.362. The summed E-state index contributed by atoms with van der Waals surface area (Å²) in [6.45, 7) is 5.74. The van der Waals surface area contributed by atoms with Crippen molar-refractivity contribution in [2.45, 2.75) is 19.4 Å². The second kappa shape index (κ2) is 5.92. The third-order valence-electron chi connectivity index (χ3n) is 1.49. The standard InChI is InChI=1S/C8H15NO2/c1-4-7(9-3)6-11-8(10)5-2/h5,7,9H,2,4,6H2,1,3H3. The van der Waals surface area contributed by atoms with Crippen LogP contribution in [0.3, 0.4) is 0 Å². The Hall–Kier alpha value is -0.830.